The van der Waals surface area contributed by atoms with Gasteiger partial charge in [0, 0.05) is 18.1 Å². The molecule has 1 rings (SSSR count). The number of pyridine rings is 1. The van der Waals surface area contributed by atoms with E-state index in [1.54, 1.807) is 6.20 Å². The van der Waals surface area contributed by atoms with Crippen LogP contribution in [0.3, 0.4) is 0 Å². The number of nitrogen functional groups attached to an aromatic ring is 1. The molecule has 0 saturated heterocycles. The van der Waals surface area contributed by atoms with Crippen LogP contribution >= 0.6 is 0 Å². The number of hydrogen-bond acceptors (Lipinski definition) is 2. The van der Waals surface area contributed by atoms with Crippen molar-refractivity contribution in [3.63, 3.8) is 0 Å². The molecular formula is C12H20N2. The minimum atomic E-state index is 0.885. The van der Waals surface area contributed by atoms with Crippen LogP contribution in [0.15, 0.2) is 18.5 Å². The Morgan fingerprint density at radius 3 is 2.71 bits per heavy atom. The fourth-order valence-corrected chi connectivity index (χ4v) is 1.57. The summed E-state index contributed by atoms with van der Waals surface area (Å²) >= 11 is 0. The van der Waals surface area contributed by atoms with Gasteiger partial charge >= 0.3 is 0 Å². The van der Waals surface area contributed by atoms with E-state index in [9.17, 15) is 0 Å². The van der Waals surface area contributed by atoms with Crippen LogP contribution in [0, 0.1) is 0 Å². The molecule has 2 nitrogen and oxygen atoms in total. The second kappa shape index (κ2) is 6.41. The number of nitrogens with zero attached hydrogens (tertiary/aromatic N) is 1. The van der Waals surface area contributed by atoms with Gasteiger partial charge in [0.25, 0.3) is 0 Å². The summed E-state index contributed by atoms with van der Waals surface area (Å²) in [5, 5.41) is 0. The van der Waals surface area contributed by atoms with E-state index in [0.29, 0.717) is 0 Å². The van der Waals surface area contributed by atoms with Gasteiger partial charge in [-0.2, -0.15) is 0 Å². The number of unbranched alkanes of at least 4 members (excludes halogenated alkanes) is 4. The summed E-state index contributed by atoms with van der Waals surface area (Å²) in [5.41, 5.74) is 7.90. The molecule has 0 aromatic carbocycles. The molecule has 0 bridgehead atoms. The Morgan fingerprint density at radius 1 is 1.21 bits per heavy atom. The smallest absolute Gasteiger partial charge is 0.0377 e. The zero-order valence-corrected chi connectivity index (χ0v) is 9.00. The van der Waals surface area contributed by atoms with E-state index < -0.39 is 0 Å². The molecule has 0 saturated carbocycles. The van der Waals surface area contributed by atoms with Crippen LogP contribution in [0.5, 0.6) is 0 Å². The van der Waals surface area contributed by atoms with Gasteiger partial charge in [-0.05, 0) is 24.5 Å². The minimum absolute atomic E-state index is 0.885. The van der Waals surface area contributed by atoms with Gasteiger partial charge in [-0.3, -0.25) is 4.98 Å². The maximum absolute atomic E-state index is 5.82. The lowest BCUT2D eigenvalue weighted by Gasteiger charge is -2.03. The maximum atomic E-state index is 5.82. The maximum Gasteiger partial charge on any atom is 0.0377 e. The molecule has 1 heterocycles. The van der Waals surface area contributed by atoms with Gasteiger partial charge in [0.2, 0.25) is 0 Å². The number of anilines is 1. The van der Waals surface area contributed by atoms with Gasteiger partial charge in [0.05, 0.1) is 0 Å². The van der Waals surface area contributed by atoms with Gasteiger partial charge < -0.3 is 5.73 Å². The van der Waals surface area contributed by atoms with E-state index in [1.807, 2.05) is 12.3 Å². The van der Waals surface area contributed by atoms with E-state index in [4.69, 9.17) is 5.73 Å². The monoisotopic (exact) mass is 192 g/mol. The standard InChI is InChI=1S/C12H20N2/c1-2-3-4-5-6-7-11-10-14-9-8-12(11)13/h8-10H,2-7H2,1H3,(H2,13,14). The SMILES string of the molecule is CCCCCCCc1cnccc1N. The lowest BCUT2D eigenvalue weighted by Crippen LogP contribution is -1.95. The third kappa shape index (κ3) is 3.77. The van der Waals surface area contributed by atoms with E-state index in [1.165, 1.54) is 37.7 Å². The molecule has 78 valence electrons. The van der Waals surface area contributed by atoms with Crippen molar-refractivity contribution in [2.45, 2.75) is 45.4 Å². The van der Waals surface area contributed by atoms with Crippen LogP contribution in [-0.4, -0.2) is 4.98 Å². The van der Waals surface area contributed by atoms with Crippen LogP contribution in [0.4, 0.5) is 5.69 Å². The summed E-state index contributed by atoms with van der Waals surface area (Å²) in [4.78, 5) is 4.08. The zero-order chi connectivity index (χ0) is 10.2. The summed E-state index contributed by atoms with van der Waals surface area (Å²) < 4.78 is 0. The highest BCUT2D eigenvalue weighted by atomic mass is 14.7. The first-order valence-electron chi connectivity index (χ1n) is 5.53. The third-order valence-electron chi connectivity index (χ3n) is 2.49. The van der Waals surface area contributed by atoms with Gasteiger partial charge in [0.1, 0.15) is 0 Å². The minimum Gasteiger partial charge on any atom is -0.398 e. The average Bonchev–Trinajstić information content (AvgIpc) is 2.20. The first-order chi connectivity index (χ1) is 6.84. The summed E-state index contributed by atoms with van der Waals surface area (Å²) in [6.07, 6.45) is 11.2. The fraction of sp³-hybridized carbons (Fsp3) is 0.583. The van der Waals surface area contributed by atoms with Crippen molar-refractivity contribution in [2.75, 3.05) is 5.73 Å². The Balaban J connectivity index is 2.21. The topological polar surface area (TPSA) is 38.9 Å². The molecule has 0 radical (unpaired) electrons. The molecular weight excluding hydrogens is 172 g/mol. The third-order valence-corrected chi connectivity index (χ3v) is 2.49. The van der Waals surface area contributed by atoms with Gasteiger partial charge in [-0.1, -0.05) is 32.6 Å². The molecule has 2 heteroatoms. The van der Waals surface area contributed by atoms with Crippen LogP contribution in [0.2, 0.25) is 0 Å². The van der Waals surface area contributed by atoms with Crippen molar-refractivity contribution in [1.82, 2.24) is 4.98 Å². The molecule has 0 aliphatic carbocycles. The average molecular weight is 192 g/mol. The Labute approximate surface area is 86.5 Å². The van der Waals surface area contributed by atoms with Crippen molar-refractivity contribution >= 4 is 5.69 Å². The van der Waals surface area contributed by atoms with Crippen molar-refractivity contribution in [3.05, 3.63) is 24.0 Å². The lowest BCUT2D eigenvalue weighted by atomic mass is 10.1. The van der Waals surface area contributed by atoms with E-state index in [-0.39, 0.29) is 0 Å². The predicted molar refractivity (Wildman–Crippen MR) is 61.1 cm³/mol. The van der Waals surface area contributed by atoms with E-state index >= 15 is 0 Å². The second-order valence-corrected chi connectivity index (χ2v) is 3.74. The second-order valence-electron chi connectivity index (χ2n) is 3.74. The molecule has 0 atom stereocenters. The summed E-state index contributed by atoms with van der Waals surface area (Å²) in [5.74, 6) is 0. The van der Waals surface area contributed by atoms with Gasteiger partial charge in [-0.25, -0.2) is 0 Å². The van der Waals surface area contributed by atoms with Crippen LogP contribution in [0.1, 0.15) is 44.6 Å². The Bertz CT molecular complexity index is 258. The van der Waals surface area contributed by atoms with E-state index in [0.717, 1.165) is 12.1 Å². The number of rotatable bonds is 6. The number of aryl methyl sites for hydroxylation is 1. The molecule has 0 amide bonds. The zero-order valence-electron chi connectivity index (χ0n) is 9.00. The first-order valence-corrected chi connectivity index (χ1v) is 5.53. The predicted octanol–water partition coefficient (Wildman–Crippen LogP) is 3.18. The Kier molecular flexibility index (Phi) is 5.05. The highest BCUT2D eigenvalue weighted by Crippen LogP contribution is 2.13. The Hall–Kier alpha value is -1.05. The van der Waals surface area contributed by atoms with Crippen LogP contribution in [0.25, 0.3) is 0 Å². The molecule has 0 fully saturated rings. The Morgan fingerprint density at radius 2 is 2.00 bits per heavy atom. The lowest BCUT2D eigenvalue weighted by molar-refractivity contribution is 0.632. The molecule has 0 aliphatic heterocycles. The fourth-order valence-electron chi connectivity index (χ4n) is 1.57. The molecule has 1 aromatic rings. The number of hydrogen-bond donors (Lipinski definition) is 1. The van der Waals surface area contributed by atoms with E-state index in [2.05, 4.69) is 11.9 Å². The van der Waals surface area contributed by atoms with Gasteiger partial charge in [0.15, 0.2) is 0 Å². The quantitative estimate of drug-likeness (QED) is 0.703. The largest absolute Gasteiger partial charge is 0.398 e. The molecule has 0 spiro atoms. The molecule has 14 heavy (non-hydrogen) atoms. The highest BCUT2D eigenvalue weighted by Gasteiger charge is 1.97. The van der Waals surface area contributed by atoms with Crippen molar-refractivity contribution in [3.8, 4) is 0 Å². The van der Waals surface area contributed by atoms with Crippen molar-refractivity contribution < 1.29 is 0 Å². The molecule has 1 aromatic heterocycles. The summed E-state index contributed by atoms with van der Waals surface area (Å²) in [7, 11) is 0. The van der Waals surface area contributed by atoms with Crippen LogP contribution in [-0.2, 0) is 6.42 Å². The van der Waals surface area contributed by atoms with Crippen molar-refractivity contribution in [2.24, 2.45) is 0 Å². The highest BCUT2D eigenvalue weighted by molar-refractivity contribution is 5.44. The number of nitrogens with two attached hydrogens (primary N) is 1. The molecule has 0 unspecified atom stereocenters. The molecule has 2 N–H and O–H groups in total. The summed E-state index contributed by atoms with van der Waals surface area (Å²) in [6.45, 7) is 2.24. The number of aromatic nitrogens is 1. The summed E-state index contributed by atoms with van der Waals surface area (Å²) in [6, 6.07) is 1.88. The normalized spacial score (nSPS) is 10.4. The van der Waals surface area contributed by atoms with Gasteiger partial charge in [-0.15, -0.1) is 0 Å². The van der Waals surface area contributed by atoms with Crippen molar-refractivity contribution in [1.29, 1.82) is 0 Å². The van der Waals surface area contributed by atoms with Crippen LogP contribution < -0.4 is 5.73 Å². The molecule has 0 aliphatic rings. The first kappa shape index (κ1) is 11.0.